The molecule has 0 saturated carbocycles. The van der Waals surface area contributed by atoms with Crippen LogP contribution in [0.1, 0.15) is 31.4 Å². The number of alkyl halides is 2. The molecular formula is C16H23ClF2N2O. The SMILES string of the molecule is Cc1ccccc1C(C)(C)CNC(=O)C1CC(F)(F)CN1.Cl. The maximum atomic E-state index is 13.1. The van der Waals surface area contributed by atoms with Gasteiger partial charge in [-0.15, -0.1) is 12.4 Å². The highest BCUT2D eigenvalue weighted by molar-refractivity contribution is 5.85. The first kappa shape index (κ1) is 18.8. The Morgan fingerprint density at radius 1 is 1.41 bits per heavy atom. The Morgan fingerprint density at radius 3 is 2.59 bits per heavy atom. The van der Waals surface area contributed by atoms with Crippen LogP contribution in [0.3, 0.4) is 0 Å². The van der Waals surface area contributed by atoms with Crippen LogP contribution < -0.4 is 10.6 Å². The van der Waals surface area contributed by atoms with E-state index in [9.17, 15) is 13.6 Å². The molecule has 6 heteroatoms. The Balaban J connectivity index is 0.00000242. The minimum Gasteiger partial charge on any atom is -0.354 e. The van der Waals surface area contributed by atoms with Gasteiger partial charge >= 0.3 is 0 Å². The molecule has 0 aliphatic carbocycles. The zero-order valence-corrected chi connectivity index (χ0v) is 13.9. The van der Waals surface area contributed by atoms with Crippen LogP contribution in [0.4, 0.5) is 8.78 Å². The Hall–Kier alpha value is -1.20. The number of rotatable bonds is 4. The summed E-state index contributed by atoms with van der Waals surface area (Å²) in [5.41, 5.74) is 2.06. The Labute approximate surface area is 136 Å². The van der Waals surface area contributed by atoms with E-state index >= 15 is 0 Å². The smallest absolute Gasteiger partial charge is 0.262 e. The van der Waals surface area contributed by atoms with Crippen molar-refractivity contribution in [3.05, 3.63) is 35.4 Å². The number of benzene rings is 1. The number of aryl methyl sites for hydroxylation is 1. The van der Waals surface area contributed by atoms with E-state index in [4.69, 9.17) is 0 Å². The fourth-order valence-electron chi connectivity index (χ4n) is 2.76. The van der Waals surface area contributed by atoms with Gasteiger partial charge in [0.2, 0.25) is 5.91 Å². The minimum absolute atomic E-state index is 0. The molecule has 0 aromatic heterocycles. The molecule has 1 saturated heterocycles. The van der Waals surface area contributed by atoms with E-state index in [-0.39, 0.29) is 23.7 Å². The van der Waals surface area contributed by atoms with Crippen molar-refractivity contribution in [3.63, 3.8) is 0 Å². The summed E-state index contributed by atoms with van der Waals surface area (Å²) in [6.07, 6.45) is -0.427. The maximum absolute atomic E-state index is 13.1. The average molecular weight is 333 g/mol. The lowest BCUT2D eigenvalue weighted by molar-refractivity contribution is -0.123. The fraction of sp³-hybridized carbons (Fsp3) is 0.562. The molecule has 1 aromatic rings. The highest BCUT2D eigenvalue weighted by Crippen LogP contribution is 2.27. The number of hydrogen-bond acceptors (Lipinski definition) is 2. The minimum atomic E-state index is -2.78. The molecule has 22 heavy (non-hydrogen) atoms. The largest absolute Gasteiger partial charge is 0.354 e. The molecule has 0 radical (unpaired) electrons. The molecule has 1 aliphatic rings. The topological polar surface area (TPSA) is 41.1 Å². The highest BCUT2D eigenvalue weighted by atomic mass is 35.5. The maximum Gasteiger partial charge on any atom is 0.262 e. The van der Waals surface area contributed by atoms with Gasteiger partial charge in [-0.25, -0.2) is 8.78 Å². The zero-order valence-electron chi connectivity index (χ0n) is 13.1. The van der Waals surface area contributed by atoms with Crippen LogP contribution in [0.15, 0.2) is 24.3 Å². The second-order valence-electron chi connectivity index (χ2n) is 6.41. The fourth-order valence-corrected chi connectivity index (χ4v) is 2.76. The van der Waals surface area contributed by atoms with Crippen molar-refractivity contribution < 1.29 is 13.6 Å². The van der Waals surface area contributed by atoms with Crippen molar-refractivity contribution in [2.75, 3.05) is 13.1 Å². The highest BCUT2D eigenvalue weighted by Gasteiger charge is 2.42. The zero-order chi connectivity index (χ0) is 15.7. The van der Waals surface area contributed by atoms with E-state index in [1.807, 2.05) is 45.0 Å². The Bertz CT molecular complexity index is 535. The first-order valence-corrected chi connectivity index (χ1v) is 7.16. The molecule has 1 fully saturated rings. The third-order valence-electron chi connectivity index (χ3n) is 4.01. The lowest BCUT2D eigenvalue weighted by Crippen LogP contribution is -2.45. The van der Waals surface area contributed by atoms with Gasteiger partial charge in [0.05, 0.1) is 12.6 Å². The van der Waals surface area contributed by atoms with Gasteiger partial charge in [-0.05, 0) is 18.1 Å². The van der Waals surface area contributed by atoms with Crippen LogP contribution >= 0.6 is 12.4 Å². The van der Waals surface area contributed by atoms with Gasteiger partial charge in [0, 0.05) is 18.4 Å². The van der Waals surface area contributed by atoms with Gasteiger partial charge in [0.15, 0.2) is 0 Å². The van der Waals surface area contributed by atoms with Crippen LogP contribution in [0.25, 0.3) is 0 Å². The van der Waals surface area contributed by atoms with Crippen LogP contribution in [0.5, 0.6) is 0 Å². The van der Waals surface area contributed by atoms with Crippen molar-refractivity contribution in [1.29, 1.82) is 0 Å². The molecule has 1 amide bonds. The quantitative estimate of drug-likeness (QED) is 0.890. The standard InChI is InChI=1S/C16H22F2N2O.ClH/c1-11-6-4-5-7-12(11)15(2,3)9-20-14(21)13-8-16(17,18)10-19-13;/h4-7,13,19H,8-10H2,1-3H3,(H,20,21);1H. The number of amides is 1. The molecule has 1 aromatic carbocycles. The van der Waals surface area contributed by atoms with Gasteiger partial charge in [-0.1, -0.05) is 38.1 Å². The molecule has 2 N–H and O–H groups in total. The summed E-state index contributed by atoms with van der Waals surface area (Å²) in [6, 6.07) is 7.19. The molecule has 2 rings (SSSR count). The Morgan fingerprint density at radius 2 is 2.05 bits per heavy atom. The Kier molecular flexibility index (Phi) is 5.93. The third kappa shape index (κ3) is 4.40. The molecule has 1 unspecified atom stereocenters. The van der Waals surface area contributed by atoms with E-state index in [2.05, 4.69) is 10.6 Å². The van der Waals surface area contributed by atoms with Crippen molar-refractivity contribution >= 4 is 18.3 Å². The number of halogens is 3. The number of nitrogens with one attached hydrogen (secondary N) is 2. The van der Waals surface area contributed by atoms with E-state index in [1.54, 1.807) is 0 Å². The summed E-state index contributed by atoms with van der Waals surface area (Å²) in [5, 5.41) is 5.37. The van der Waals surface area contributed by atoms with Crippen LogP contribution in [0, 0.1) is 6.92 Å². The number of carbonyl (C=O) groups is 1. The number of carbonyl (C=O) groups excluding carboxylic acids is 1. The van der Waals surface area contributed by atoms with E-state index in [0.717, 1.165) is 11.1 Å². The summed E-state index contributed by atoms with van der Waals surface area (Å²) < 4.78 is 26.2. The molecule has 0 bridgehead atoms. The van der Waals surface area contributed by atoms with Crippen molar-refractivity contribution in [2.24, 2.45) is 0 Å². The predicted molar refractivity (Wildman–Crippen MR) is 85.8 cm³/mol. The predicted octanol–water partition coefficient (Wildman–Crippen LogP) is 2.81. The van der Waals surface area contributed by atoms with Crippen LogP contribution in [-0.4, -0.2) is 31.0 Å². The van der Waals surface area contributed by atoms with E-state index in [0.29, 0.717) is 6.54 Å². The van der Waals surface area contributed by atoms with Gasteiger partial charge in [0.25, 0.3) is 5.92 Å². The molecule has 3 nitrogen and oxygen atoms in total. The van der Waals surface area contributed by atoms with Crippen molar-refractivity contribution in [2.45, 2.75) is 44.6 Å². The van der Waals surface area contributed by atoms with E-state index in [1.165, 1.54) is 0 Å². The summed E-state index contributed by atoms with van der Waals surface area (Å²) in [6.45, 7) is 6.09. The number of hydrogen-bond donors (Lipinski definition) is 2. The van der Waals surface area contributed by atoms with Crippen molar-refractivity contribution in [1.82, 2.24) is 10.6 Å². The summed E-state index contributed by atoms with van der Waals surface area (Å²) in [4.78, 5) is 12.0. The molecule has 0 spiro atoms. The van der Waals surface area contributed by atoms with Crippen molar-refractivity contribution in [3.8, 4) is 0 Å². The molecule has 1 atom stereocenters. The second kappa shape index (κ2) is 6.92. The van der Waals surface area contributed by atoms with Gasteiger partial charge in [0.1, 0.15) is 0 Å². The second-order valence-corrected chi connectivity index (χ2v) is 6.41. The molecule has 1 aliphatic heterocycles. The normalized spacial score (nSPS) is 20.3. The van der Waals surface area contributed by atoms with Gasteiger partial charge < -0.3 is 5.32 Å². The van der Waals surface area contributed by atoms with Gasteiger partial charge in [-0.2, -0.15) is 0 Å². The first-order chi connectivity index (χ1) is 9.71. The monoisotopic (exact) mass is 332 g/mol. The lowest BCUT2D eigenvalue weighted by atomic mass is 9.82. The summed E-state index contributed by atoms with van der Waals surface area (Å²) >= 11 is 0. The van der Waals surface area contributed by atoms with Crippen LogP contribution in [-0.2, 0) is 10.2 Å². The first-order valence-electron chi connectivity index (χ1n) is 7.16. The molecule has 124 valence electrons. The summed E-state index contributed by atoms with van der Waals surface area (Å²) in [5.74, 6) is -3.14. The molecule has 1 heterocycles. The average Bonchev–Trinajstić information content (AvgIpc) is 2.77. The van der Waals surface area contributed by atoms with Crippen LogP contribution in [0.2, 0.25) is 0 Å². The third-order valence-corrected chi connectivity index (χ3v) is 4.01. The summed E-state index contributed by atoms with van der Waals surface area (Å²) in [7, 11) is 0. The molecular weight excluding hydrogens is 310 g/mol. The van der Waals surface area contributed by atoms with Gasteiger partial charge in [-0.3, -0.25) is 10.1 Å². The van der Waals surface area contributed by atoms with E-state index < -0.39 is 24.9 Å². The lowest BCUT2D eigenvalue weighted by Gasteiger charge is -2.28.